The molecule has 0 radical (unpaired) electrons. The largest absolute Gasteiger partial charge is 0.326 e. The van der Waals surface area contributed by atoms with Gasteiger partial charge in [-0.3, -0.25) is 4.79 Å². The van der Waals surface area contributed by atoms with E-state index in [1.165, 1.54) is 0 Å². The van der Waals surface area contributed by atoms with E-state index in [1.54, 1.807) is 0 Å². The predicted octanol–water partition coefficient (Wildman–Crippen LogP) is 3.19. The lowest BCUT2D eigenvalue weighted by molar-refractivity contribution is -0.120. The summed E-state index contributed by atoms with van der Waals surface area (Å²) >= 11 is 3.45. The Balaban J connectivity index is 2.76. The quantitative estimate of drug-likeness (QED) is 0.876. The summed E-state index contributed by atoms with van der Waals surface area (Å²) in [6.07, 6.45) is 0. The second-order valence-corrected chi connectivity index (χ2v) is 5.72. The highest BCUT2D eigenvalue weighted by Gasteiger charge is 2.21. The van der Waals surface area contributed by atoms with Crippen LogP contribution in [-0.2, 0) is 4.79 Å². The normalized spacial score (nSPS) is 12.6. The maximum atomic E-state index is 12.2. The number of nitrogens with one attached hydrogen (secondary N) is 2. The number of benzene rings is 1. The fourth-order valence-corrected chi connectivity index (χ4v) is 2.06. The summed E-state index contributed by atoms with van der Waals surface area (Å²) in [5.41, 5.74) is 1.96. The van der Waals surface area contributed by atoms with Gasteiger partial charge in [0, 0.05) is 16.7 Å². The highest BCUT2D eigenvalue weighted by molar-refractivity contribution is 9.10. The van der Waals surface area contributed by atoms with Crippen LogP contribution in [0.1, 0.15) is 19.4 Å². The first-order valence-corrected chi connectivity index (χ1v) is 6.96. The number of carbonyl (C=O) groups excluding carboxylic acids is 1. The topological polar surface area (TPSA) is 41.1 Å². The van der Waals surface area contributed by atoms with Crippen LogP contribution in [0.25, 0.3) is 0 Å². The van der Waals surface area contributed by atoms with Crippen LogP contribution in [-0.4, -0.2) is 19.5 Å². The van der Waals surface area contributed by atoms with E-state index in [4.69, 9.17) is 0 Å². The van der Waals surface area contributed by atoms with Crippen LogP contribution in [0.3, 0.4) is 0 Å². The summed E-state index contributed by atoms with van der Waals surface area (Å²) in [4.78, 5) is 12.2. The molecule has 4 heteroatoms. The average Bonchev–Trinajstić information content (AvgIpc) is 2.30. The van der Waals surface area contributed by atoms with Gasteiger partial charge in [-0.25, -0.2) is 0 Å². The zero-order chi connectivity index (χ0) is 13.7. The molecule has 2 N–H and O–H groups in total. The van der Waals surface area contributed by atoms with Crippen LogP contribution >= 0.6 is 15.9 Å². The van der Waals surface area contributed by atoms with Gasteiger partial charge in [-0.15, -0.1) is 0 Å². The number of rotatable bonds is 5. The Hall–Kier alpha value is -0.870. The molecule has 0 aromatic heterocycles. The summed E-state index contributed by atoms with van der Waals surface area (Å²) < 4.78 is 1.05. The third kappa shape index (κ3) is 4.10. The first kappa shape index (κ1) is 15.2. The van der Waals surface area contributed by atoms with Gasteiger partial charge in [-0.05, 0) is 43.7 Å². The molecule has 3 nitrogen and oxygen atoms in total. The summed E-state index contributed by atoms with van der Waals surface area (Å²) in [6, 6.07) is 5.83. The second kappa shape index (κ2) is 6.90. The number of hydrogen-bond acceptors (Lipinski definition) is 2. The van der Waals surface area contributed by atoms with E-state index in [9.17, 15) is 4.79 Å². The smallest absolute Gasteiger partial charge is 0.229 e. The first-order chi connectivity index (χ1) is 8.45. The third-order valence-electron chi connectivity index (χ3n) is 2.99. The SMILES string of the molecule is CNCC(C(=O)Nc1ccc(Br)c(C)c1)C(C)C. The molecule has 0 heterocycles. The summed E-state index contributed by atoms with van der Waals surface area (Å²) in [6.45, 7) is 6.83. The van der Waals surface area contributed by atoms with Crippen LogP contribution in [0.5, 0.6) is 0 Å². The average molecular weight is 313 g/mol. The lowest BCUT2D eigenvalue weighted by Crippen LogP contribution is -2.34. The van der Waals surface area contributed by atoms with Crippen LogP contribution in [0, 0.1) is 18.8 Å². The van der Waals surface area contributed by atoms with Crippen LogP contribution < -0.4 is 10.6 Å². The van der Waals surface area contributed by atoms with Crippen molar-refractivity contribution in [3.63, 3.8) is 0 Å². The molecule has 0 spiro atoms. The molecule has 0 aliphatic carbocycles. The monoisotopic (exact) mass is 312 g/mol. The molecule has 0 aliphatic rings. The van der Waals surface area contributed by atoms with Gasteiger partial charge in [0.1, 0.15) is 0 Å². The van der Waals surface area contributed by atoms with Crippen molar-refractivity contribution in [1.82, 2.24) is 5.32 Å². The number of aryl methyl sites for hydroxylation is 1. The fraction of sp³-hybridized carbons (Fsp3) is 0.500. The molecule has 1 atom stereocenters. The molecule has 0 bridgehead atoms. The van der Waals surface area contributed by atoms with Gasteiger partial charge < -0.3 is 10.6 Å². The Labute approximate surface area is 117 Å². The standard InChI is InChI=1S/C14H21BrN2O/c1-9(2)12(8-16-4)14(18)17-11-5-6-13(15)10(3)7-11/h5-7,9,12,16H,8H2,1-4H3,(H,17,18). The Bertz CT molecular complexity index is 418. The van der Waals surface area contributed by atoms with Gasteiger partial charge in [-0.1, -0.05) is 29.8 Å². The van der Waals surface area contributed by atoms with Crippen molar-refractivity contribution in [2.24, 2.45) is 11.8 Å². The maximum Gasteiger partial charge on any atom is 0.229 e. The zero-order valence-corrected chi connectivity index (χ0v) is 13.0. The van der Waals surface area contributed by atoms with Crippen molar-refractivity contribution in [2.45, 2.75) is 20.8 Å². The Morgan fingerprint density at radius 1 is 1.39 bits per heavy atom. The molecular weight excluding hydrogens is 292 g/mol. The number of anilines is 1. The second-order valence-electron chi connectivity index (χ2n) is 4.86. The van der Waals surface area contributed by atoms with Crippen LogP contribution in [0.15, 0.2) is 22.7 Å². The summed E-state index contributed by atoms with van der Waals surface area (Å²) in [5, 5.41) is 6.04. The molecule has 0 fully saturated rings. The molecule has 100 valence electrons. The van der Waals surface area contributed by atoms with Gasteiger partial charge in [0.15, 0.2) is 0 Å². The minimum Gasteiger partial charge on any atom is -0.326 e. The summed E-state index contributed by atoms with van der Waals surface area (Å²) in [7, 11) is 1.87. The van der Waals surface area contributed by atoms with E-state index >= 15 is 0 Å². The zero-order valence-electron chi connectivity index (χ0n) is 11.4. The Morgan fingerprint density at radius 2 is 2.06 bits per heavy atom. The molecule has 1 aromatic rings. The number of amides is 1. The van der Waals surface area contributed by atoms with Gasteiger partial charge >= 0.3 is 0 Å². The van der Waals surface area contributed by atoms with Crippen molar-refractivity contribution in [3.8, 4) is 0 Å². The third-order valence-corrected chi connectivity index (χ3v) is 3.88. The van der Waals surface area contributed by atoms with E-state index in [0.717, 1.165) is 15.7 Å². The van der Waals surface area contributed by atoms with Gasteiger partial charge in [-0.2, -0.15) is 0 Å². The van der Waals surface area contributed by atoms with Gasteiger partial charge in [0.05, 0.1) is 5.92 Å². The first-order valence-electron chi connectivity index (χ1n) is 6.17. The molecule has 1 unspecified atom stereocenters. The van der Waals surface area contributed by atoms with Crippen molar-refractivity contribution in [1.29, 1.82) is 0 Å². The number of halogens is 1. The minimum atomic E-state index is -0.0149. The molecule has 1 amide bonds. The fourth-order valence-electron chi connectivity index (χ4n) is 1.81. The van der Waals surface area contributed by atoms with E-state index < -0.39 is 0 Å². The molecule has 0 aliphatic heterocycles. The molecule has 0 saturated heterocycles. The molecule has 0 saturated carbocycles. The molecular formula is C14H21BrN2O. The molecule has 1 aromatic carbocycles. The number of hydrogen-bond donors (Lipinski definition) is 2. The number of carbonyl (C=O) groups is 1. The maximum absolute atomic E-state index is 12.2. The highest BCUT2D eigenvalue weighted by atomic mass is 79.9. The van der Waals surface area contributed by atoms with Crippen molar-refractivity contribution in [2.75, 3.05) is 18.9 Å². The van der Waals surface area contributed by atoms with Crippen molar-refractivity contribution < 1.29 is 4.79 Å². The van der Waals surface area contributed by atoms with Crippen molar-refractivity contribution >= 4 is 27.5 Å². The van der Waals surface area contributed by atoms with E-state index in [1.807, 2.05) is 32.2 Å². The Morgan fingerprint density at radius 3 is 2.56 bits per heavy atom. The van der Waals surface area contributed by atoms with E-state index in [-0.39, 0.29) is 11.8 Å². The minimum absolute atomic E-state index is 0.0149. The van der Waals surface area contributed by atoms with E-state index in [2.05, 4.69) is 40.4 Å². The van der Waals surface area contributed by atoms with Crippen molar-refractivity contribution in [3.05, 3.63) is 28.2 Å². The predicted molar refractivity (Wildman–Crippen MR) is 79.8 cm³/mol. The molecule has 1 rings (SSSR count). The highest BCUT2D eigenvalue weighted by Crippen LogP contribution is 2.21. The van der Waals surface area contributed by atoms with E-state index in [0.29, 0.717) is 12.5 Å². The van der Waals surface area contributed by atoms with Crippen LogP contribution in [0.2, 0.25) is 0 Å². The lowest BCUT2D eigenvalue weighted by atomic mass is 9.95. The van der Waals surface area contributed by atoms with Gasteiger partial charge in [0.2, 0.25) is 5.91 Å². The lowest BCUT2D eigenvalue weighted by Gasteiger charge is -2.20. The Kier molecular flexibility index (Phi) is 5.82. The van der Waals surface area contributed by atoms with Gasteiger partial charge in [0.25, 0.3) is 0 Å². The summed E-state index contributed by atoms with van der Waals surface area (Å²) in [5.74, 6) is 0.369. The van der Waals surface area contributed by atoms with Crippen LogP contribution in [0.4, 0.5) is 5.69 Å². The molecule has 18 heavy (non-hydrogen) atoms.